The zero-order chi connectivity index (χ0) is 15.8. The van der Waals surface area contributed by atoms with Crippen molar-refractivity contribution in [3.63, 3.8) is 0 Å². The van der Waals surface area contributed by atoms with Crippen molar-refractivity contribution >= 4 is 37.2 Å². The minimum absolute atomic E-state index is 0.0854. The summed E-state index contributed by atoms with van der Waals surface area (Å²) in [4.78, 5) is 10.8. The normalized spacial score (nSPS) is 16.2. The lowest BCUT2D eigenvalue weighted by molar-refractivity contribution is 0.0937. The Bertz CT molecular complexity index is 688. The van der Waals surface area contributed by atoms with E-state index in [0.29, 0.717) is 6.07 Å². The third-order valence-electron chi connectivity index (χ3n) is 3.29. The smallest absolute Gasteiger partial charge is 0.265 e. The standard InChI is InChI=1S/C12H11Cl2F2NO3S/c13-9-7(12(18)17-6-3-1-2-4-6)5-8(15)10(16)11(9)21(14,19)20/h5-6H,1-4H2,(H,17,18). The van der Waals surface area contributed by atoms with Gasteiger partial charge in [-0.25, -0.2) is 17.2 Å². The van der Waals surface area contributed by atoms with Gasteiger partial charge < -0.3 is 5.32 Å². The van der Waals surface area contributed by atoms with Crippen LogP contribution in [0.2, 0.25) is 5.02 Å². The predicted octanol–water partition coefficient (Wildman–Crippen LogP) is 3.22. The highest BCUT2D eigenvalue weighted by atomic mass is 35.7. The van der Waals surface area contributed by atoms with Crippen LogP contribution in [0.25, 0.3) is 0 Å². The van der Waals surface area contributed by atoms with Gasteiger partial charge in [0.15, 0.2) is 11.6 Å². The van der Waals surface area contributed by atoms with Gasteiger partial charge >= 0.3 is 0 Å². The Morgan fingerprint density at radius 1 is 1.29 bits per heavy atom. The van der Waals surface area contributed by atoms with E-state index in [9.17, 15) is 22.0 Å². The molecular formula is C12H11Cl2F2NO3S. The zero-order valence-electron chi connectivity index (χ0n) is 10.6. The second-order valence-electron chi connectivity index (χ2n) is 4.76. The van der Waals surface area contributed by atoms with E-state index in [-0.39, 0.29) is 6.04 Å². The Kier molecular flexibility index (Phi) is 4.75. The monoisotopic (exact) mass is 357 g/mol. The van der Waals surface area contributed by atoms with Crippen molar-refractivity contribution in [3.05, 3.63) is 28.3 Å². The van der Waals surface area contributed by atoms with Crippen molar-refractivity contribution in [2.45, 2.75) is 36.6 Å². The number of carbonyl (C=O) groups is 1. The third-order valence-corrected chi connectivity index (χ3v) is 5.13. The molecule has 0 radical (unpaired) electrons. The Morgan fingerprint density at radius 2 is 1.86 bits per heavy atom. The average Bonchev–Trinajstić information content (AvgIpc) is 2.85. The molecule has 0 heterocycles. The highest BCUT2D eigenvalue weighted by Crippen LogP contribution is 2.32. The van der Waals surface area contributed by atoms with Gasteiger partial charge in [0, 0.05) is 16.7 Å². The molecule has 1 aromatic rings. The summed E-state index contributed by atoms with van der Waals surface area (Å²) in [6.07, 6.45) is 3.46. The maximum Gasteiger partial charge on any atom is 0.265 e. The van der Waals surface area contributed by atoms with Crippen LogP contribution in [0.4, 0.5) is 8.78 Å². The molecule has 0 bridgehead atoms. The quantitative estimate of drug-likeness (QED) is 0.667. The molecule has 116 valence electrons. The van der Waals surface area contributed by atoms with Crippen LogP contribution in [0.15, 0.2) is 11.0 Å². The molecule has 0 aliphatic heterocycles. The molecule has 9 heteroatoms. The predicted molar refractivity (Wildman–Crippen MR) is 74.1 cm³/mol. The van der Waals surface area contributed by atoms with Crippen molar-refractivity contribution in [3.8, 4) is 0 Å². The van der Waals surface area contributed by atoms with E-state index in [1.165, 1.54) is 0 Å². The minimum atomic E-state index is -4.62. The Morgan fingerprint density at radius 3 is 2.38 bits per heavy atom. The molecule has 0 saturated heterocycles. The number of hydrogen-bond acceptors (Lipinski definition) is 3. The molecule has 0 unspecified atom stereocenters. The fraction of sp³-hybridized carbons (Fsp3) is 0.417. The molecule has 21 heavy (non-hydrogen) atoms. The lowest BCUT2D eigenvalue weighted by Crippen LogP contribution is -2.33. The maximum absolute atomic E-state index is 13.6. The van der Waals surface area contributed by atoms with E-state index >= 15 is 0 Å². The first kappa shape index (κ1) is 16.5. The van der Waals surface area contributed by atoms with Crippen LogP contribution in [-0.2, 0) is 9.05 Å². The molecule has 1 amide bonds. The first-order valence-electron chi connectivity index (χ1n) is 6.15. The Hall–Kier alpha value is -0.920. The Labute approximate surface area is 129 Å². The van der Waals surface area contributed by atoms with Gasteiger partial charge in [-0.1, -0.05) is 24.4 Å². The molecule has 1 aromatic carbocycles. The average molecular weight is 358 g/mol. The summed E-state index contributed by atoms with van der Waals surface area (Å²) in [6.45, 7) is 0. The van der Waals surface area contributed by atoms with Crippen molar-refractivity contribution in [1.82, 2.24) is 5.32 Å². The highest BCUT2D eigenvalue weighted by molar-refractivity contribution is 8.13. The van der Waals surface area contributed by atoms with Gasteiger partial charge in [-0.05, 0) is 18.9 Å². The molecule has 4 nitrogen and oxygen atoms in total. The maximum atomic E-state index is 13.6. The van der Waals surface area contributed by atoms with Crippen LogP contribution in [0.3, 0.4) is 0 Å². The van der Waals surface area contributed by atoms with Gasteiger partial charge in [-0.2, -0.15) is 0 Å². The summed E-state index contributed by atoms with van der Waals surface area (Å²) in [7, 11) is 0.413. The van der Waals surface area contributed by atoms with Crippen LogP contribution in [0, 0.1) is 11.6 Å². The van der Waals surface area contributed by atoms with Crippen LogP contribution in [0.1, 0.15) is 36.0 Å². The van der Waals surface area contributed by atoms with Crippen molar-refractivity contribution < 1.29 is 22.0 Å². The van der Waals surface area contributed by atoms with E-state index in [0.717, 1.165) is 25.7 Å². The second-order valence-corrected chi connectivity index (χ2v) is 7.64. The second kappa shape index (κ2) is 6.06. The number of halogens is 4. The molecule has 0 aromatic heterocycles. The number of hydrogen-bond donors (Lipinski definition) is 1. The van der Waals surface area contributed by atoms with Crippen LogP contribution in [0.5, 0.6) is 0 Å². The number of amides is 1. The first-order valence-corrected chi connectivity index (χ1v) is 8.83. The van der Waals surface area contributed by atoms with Gasteiger partial charge in [0.05, 0.1) is 10.6 Å². The fourth-order valence-corrected chi connectivity index (χ4v) is 4.01. The summed E-state index contributed by atoms with van der Waals surface area (Å²) in [6, 6.07) is 0.478. The molecule has 1 N–H and O–H groups in total. The van der Waals surface area contributed by atoms with Gasteiger partial charge in [-0.3, -0.25) is 4.79 Å². The summed E-state index contributed by atoms with van der Waals surface area (Å²) >= 11 is 5.72. The number of carbonyl (C=O) groups excluding carboxylic acids is 1. The lowest BCUT2D eigenvalue weighted by Gasteiger charge is -2.14. The van der Waals surface area contributed by atoms with Crippen molar-refractivity contribution in [2.75, 3.05) is 0 Å². The van der Waals surface area contributed by atoms with Crippen molar-refractivity contribution in [1.29, 1.82) is 0 Å². The molecular weight excluding hydrogens is 347 g/mol. The third kappa shape index (κ3) is 3.46. The number of rotatable bonds is 3. The number of nitrogens with one attached hydrogen (secondary N) is 1. The highest BCUT2D eigenvalue weighted by Gasteiger charge is 2.29. The molecule has 1 saturated carbocycles. The van der Waals surface area contributed by atoms with Gasteiger partial charge in [0.1, 0.15) is 4.90 Å². The SMILES string of the molecule is O=C(NC1CCCC1)c1cc(F)c(F)c(S(=O)(=O)Cl)c1Cl. The van der Waals surface area contributed by atoms with Gasteiger partial charge in [0.2, 0.25) is 0 Å². The van der Waals surface area contributed by atoms with Crippen LogP contribution >= 0.6 is 22.3 Å². The summed E-state index contributed by atoms with van der Waals surface area (Å²) in [5.74, 6) is -3.96. The lowest BCUT2D eigenvalue weighted by atomic mass is 10.1. The zero-order valence-corrected chi connectivity index (χ0v) is 13.0. The van der Waals surface area contributed by atoms with Crippen LogP contribution in [-0.4, -0.2) is 20.4 Å². The van der Waals surface area contributed by atoms with E-state index in [1.54, 1.807) is 0 Å². The van der Waals surface area contributed by atoms with E-state index in [2.05, 4.69) is 5.32 Å². The van der Waals surface area contributed by atoms with E-state index < -0.39 is 42.1 Å². The minimum Gasteiger partial charge on any atom is -0.349 e. The topological polar surface area (TPSA) is 63.2 Å². The number of benzene rings is 1. The largest absolute Gasteiger partial charge is 0.349 e. The van der Waals surface area contributed by atoms with Gasteiger partial charge in [0.25, 0.3) is 15.0 Å². The molecule has 1 aliphatic carbocycles. The molecule has 0 atom stereocenters. The van der Waals surface area contributed by atoms with E-state index in [1.807, 2.05) is 0 Å². The summed E-state index contributed by atoms with van der Waals surface area (Å²) < 4.78 is 49.6. The summed E-state index contributed by atoms with van der Waals surface area (Å²) in [5, 5.41) is 1.89. The Balaban J connectivity index is 2.44. The molecule has 0 spiro atoms. The van der Waals surface area contributed by atoms with Crippen LogP contribution < -0.4 is 5.32 Å². The fourth-order valence-electron chi connectivity index (χ4n) is 2.29. The molecule has 2 rings (SSSR count). The molecule has 1 fully saturated rings. The first-order chi connectivity index (χ1) is 9.71. The van der Waals surface area contributed by atoms with E-state index in [4.69, 9.17) is 22.3 Å². The van der Waals surface area contributed by atoms with Crippen molar-refractivity contribution in [2.24, 2.45) is 0 Å². The molecule has 1 aliphatic rings. The van der Waals surface area contributed by atoms with Gasteiger partial charge in [-0.15, -0.1) is 0 Å². The summed E-state index contributed by atoms with van der Waals surface area (Å²) in [5.41, 5.74) is -0.457.